The Bertz CT molecular complexity index is 1290. The van der Waals surface area contributed by atoms with Crippen LogP contribution < -0.4 is 4.90 Å². The molecular weight excluding hydrogens is 490 g/mol. The Morgan fingerprint density at radius 2 is 2.00 bits per heavy atom. The van der Waals surface area contributed by atoms with Crippen LogP contribution in [0.25, 0.3) is 11.3 Å². The van der Waals surface area contributed by atoms with Gasteiger partial charge in [-0.2, -0.15) is 4.31 Å². The normalized spacial score (nSPS) is 17.9. The van der Waals surface area contributed by atoms with Gasteiger partial charge in [0.2, 0.25) is 15.0 Å². The zero-order valence-electron chi connectivity index (χ0n) is 19.3. The Morgan fingerprint density at radius 3 is 2.62 bits per heavy atom. The first-order valence-corrected chi connectivity index (χ1v) is 14.5. The predicted molar refractivity (Wildman–Crippen MR) is 138 cm³/mol. The molecule has 10 heteroatoms. The molecule has 0 saturated carbocycles. The number of aromatic carboxylic acids is 1. The van der Waals surface area contributed by atoms with Gasteiger partial charge in [-0.3, -0.25) is 0 Å². The summed E-state index contributed by atoms with van der Waals surface area (Å²) in [5, 5.41) is 11.0. The monoisotopic (exact) mass is 517 g/mol. The summed E-state index contributed by atoms with van der Waals surface area (Å²) in [6.07, 6.45) is 4.60. The molecule has 180 valence electrons. The number of fused-ring (bicyclic) bond motifs is 1. The molecule has 0 aliphatic carbocycles. The molecular formula is C24H27N3O4S3. The van der Waals surface area contributed by atoms with Crippen molar-refractivity contribution in [2.75, 3.05) is 24.7 Å². The summed E-state index contributed by atoms with van der Waals surface area (Å²) >= 11 is 2.51. The highest BCUT2D eigenvalue weighted by molar-refractivity contribution is 7.98. The molecule has 34 heavy (non-hydrogen) atoms. The standard InChI is InChI=1S/C24H27N3O4S3/c1-4-5-9-17-14-27(16-10-7-6-8-11-16)20-13-21(32-3)18(12-22(20)34(30,31)26(17)2)19-15-33-23(25-19)24(28)29/h6-8,10-13,15,17H,4-5,9,14H2,1-3H3,(H,28,29). The van der Waals surface area contributed by atoms with Crippen LogP contribution in [0.5, 0.6) is 0 Å². The summed E-state index contributed by atoms with van der Waals surface area (Å²) in [6, 6.07) is 13.2. The second kappa shape index (κ2) is 10.1. The summed E-state index contributed by atoms with van der Waals surface area (Å²) in [5.74, 6) is -1.10. The molecule has 0 saturated heterocycles. The molecule has 7 nitrogen and oxygen atoms in total. The molecule has 0 amide bonds. The number of hydrogen-bond acceptors (Lipinski definition) is 7. The molecule has 0 fully saturated rings. The molecule has 0 radical (unpaired) electrons. The smallest absolute Gasteiger partial charge is 0.365 e. The molecule has 1 aliphatic heterocycles. The van der Waals surface area contributed by atoms with Crippen molar-refractivity contribution in [1.82, 2.24) is 9.29 Å². The third-order valence-electron chi connectivity index (χ3n) is 6.06. The van der Waals surface area contributed by atoms with Crippen LogP contribution in [0.15, 0.2) is 57.6 Å². The van der Waals surface area contributed by atoms with Gasteiger partial charge in [0.05, 0.1) is 11.4 Å². The number of thioether (sulfide) groups is 1. The van der Waals surface area contributed by atoms with Crippen molar-refractivity contribution in [3.05, 3.63) is 52.9 Å². The first-order chi connectivity index (χ1) is 16.3. The SMILES string of the molecule is CCCCC1CN(c2ccccc2)c2cc(SC)c(-c3csc(C(=O)O)n3)cc2S(=O)(=O)N1C. The van der Waals surface area contributed by atoms with Crippen LogP contribution in [0.4, 0.5) is 11.4 Å². The molecule has 2 aromatic carbocycles. The number of sulfonamides is 1. The van der Waals surface area contributed by atoms with E-state index >= 15 is 0 Å². The first kappa shape index (κ1) is 24.7. The highest BCUT2D eigenvalue weighted by atomic mass is 32.2. The number of unbranched alkanes of at least 4 members (excludes halogenated alkanes) is 1. The Hall–Kier alpha value is -2.40. The number of carboxylic acids is 1. The van der Waals surface area contributed by atoms with E-state index in [1.165, 1.54) is 16.1 Å². The molecule has 2 heterocycles. The lowest BCUT2D eigenvalue weighted by Gasteiger charge is -2.29. The molecule has 1 aromatic heterocycles. The van der Waals surface area contributed by atoms with E-state index in [-0.39, 0.29) is 15.9 Å². The largest absolute Gasteiger partial charge is 0.476 e. The average Bonchev–Trinajstić information content (AvgIpc) is 3.31. The fourth-order valence-electron chi connectivity index (χ4n) is 4.17. The molecule has 1 aliphatic rings. The van der Waals surface area contributed by atoms with Crippen LogP contribution >= 0.6 is 23.1 Å². The van der Waals surface area contributed by atoms with Crippen LogP contribution in [-0.2, 0) is 10.0 Å². The van der Waals surface area contributed by atoms with Gasteiger partial charge < -0.3 is 10.0 Å². The number of carboxylic acid groups (broad SMARTS) is 1. The van der Waals surface area contributed by atoms with E-state index in [2.05, 4.69) is 16.8 Å². The van der Waals surface area contributed by atoms with E-state index in [1.807, 2.05) is 42.7 Å². The van der Waals surface area contributed by atoms with Gasteiger partial charge in [0.15, 0.2) is 0 Å². The van der Waals surface area contributed by atoms with Crippen LogP contribution in [-0.4, -0.2) is 54.7 Å². The second-order valence-electron chi connectivity index (χ2n) is 8.13. The van der Waals surface area contributed by atoms with Crippen molar-refractivity contribution in [2.45, 2.75) is 42.0 Å². The number of thiazole rings is 1. The summed E-state index contributed by atoms with van der Waals surface area (Å²) in [7, 11) is -2.15. The van der Waals surface area contributed by atoms with Gasteiger partial charge in [0.1, 0.15) is 4.90 Å². The topological polar surface area (TPSA) is 90.8 Å². The number of benzene rings is 2. The fourth-order valence-corrected chi connectivity index (χ4v) is 7.01. The predicted octanol–water partition coefficient (Wildman–Crippen LogP) is 5.56. The average molecular weight is 518 g/mol. The Balaban J connectivity index is 1.95. The van der Waals surface area contributed by atoms with Crippen LogP contribution in [0.1, 0.15) is 36.0 Å². The molecule has 3 aromatic rings. The lowest BCUT2D eigenvalue weighted by atomic mass is 10.1. The number of anilines is 2. The third-order valence-corrected chi connectivity index (χ3v) is 9.61. The third kappa shape index (κ3) is 4.59. The number of rotatable bonds is 7. The van der Waals surface area contributed by atoms with Crippen LogP contribution in [0.2, 0.25) is 0 Å². The molecule has 1 atom stereocenters. The summed E-state index contributed by atoms with van der Waals surface area (Å²) in [5.41, 5.74) is 2.63. The van der Waals surface area contributed by atoms with E-state index in [0.717, 1.165) is 41.2 Å². The number of hydrogen-bond donors (Lipinski definition) is 1. The number of para-hydroxylation sites is 1. The van der Waals surface area contributed by atoms with Crippen LogP contribution in [0.3, 0.4) is 0 Å². The second-order valence-corrected chi connectivity index (χ2v) is 11.8. The van der Waals surface area contributed by atoms with Crippen molar-refractivity contribution in [3.63, 3.8) is 0 Å². The van der Waals surface area contributed by atoms with Gasteiger partial charge in [-0.25, -0.2) is 18.2 Å². The molecule has 1 unspecified atom stereocenters. The number of likely N-dealkylation sites (N-methyl/N-ethyl adjacent to an activating group) is 1. The van der Waals surface area contributed by atoms with Gasteiger partial charge in [0, 0.05) is 41.2 Å². The van der Waals surface area contributed by atoms with Crippen molar-refractivity contribution in [3.8, 4) is 11.3 Å². The maximum absolute atomic E-state index is 13.9. The first-order valence-electron chi connectivity index (χ1n) is 11.0. The van der Waals surface area contributed by atoms with E-state index in [9.17, 15) is 18.3 Å². The lowest BCUT2D eigenvalue weighted by molar-refractivity contribution is 0.0696. The zero-order chi connectivity index (χ0) is 24.5. The van der Waals surface area contributed by atoms with Gasteiger partial charge in [-0.1, -0.05) is 38.0 Å². The lowest BCUT2D eigenvalue weighted by Crippen LogP contribution is -2.40. The number of carbonyl (C=O) groups is 1. The Labute approximate surface area is 208 Å². The zero-order valence-corrected chi connectivity index (χ0v) is 21.7. The van der Waals surface area contributed by atoms with Gasteiger partial charge >= 0.3 is 5.97 Å². The highest BCUT2D eigenvalue weighted by Crippen LogP contribution is 2.43. The van der Waals surface area contributed by atoms with Gasteiger partial charge in [0.25, 0.3) is 0 Å². The van der Waals surface area contributed by atoms with Gasteiger partial charge in [-0.15, -0.1) is 23.1 Å². The minimum atomic E-state index is -3.80. The maximum Gasteiger partial charge on any atom is 0.365 e. The van der Waals surface area contributed by atoms with Crippen molar-refractivity contribution < 1.29 is 18.3 Å². The van der Waals surface area contributed by atoms with E-state index in [0.29, 0.717) is 23.5 Å². The maximum atomic E-state index is 13.9. The molecule has 4 rings (SSSR count). The minimum absolute atomic E-state index is 0.0255. The highest BCUT2D eigenvalue weighted by Gasteiger charge is 2.37. The Morgan fingerprint density at radius 1 is 1.26 bits per heavy atom. The molecule has 1 N–H and O–H groups in total. The summed E-state index contributed by atoms with van der Waals surface area (Å²) in [6.45, 7) is 2.64. The molecule has 0 spiro atoms. The quantitative estimate of drug-likeness (QED) is 0.410. The van der Waals surface area contributed by atoms with Gasteiger partial charge in [-0.05, 0) is 36.9 Å². The molecule has 0 bridgehead atoms. The van der Waals surface area contributed by atoms with E-state index < -0.39 is 16.0 Å². The number of nitrogens with zero attached hydrogens (tertiary/aromatic N) is 3. The summed E-state index contributed by atoms with van der Waals surface area (Å²) in [4.78, 5) is 18.8. The van der Waals surface area contributed by atoms with E-state index in [4.69, 9.17) is 0 Å². The number of aromatic nitrogens is 1. The van der Waals surface area contributed by atoms with Crippen molar-refractivity contribution in [1.29, 1.82) is 0 Å². The van der Waals surface area contributed by atoms with Crippen LogP contribution in [0, 0.1) is 0 Å². The summed E-state index contributed by atoms with van der Waals surface area (Å²) < 4.78 is 29.2. The Kier molecular flexibility index (Phi) is 7.32. The van der Waals surface area contributed by atoms with Crippen molar-refractivity contribution >= 4 is 50.5 Å². The minimum Gasteiger partial charge on any atom is -0.476 e. The fraction of sp³-hybridized carbons (Fsp3) is 0.333. The van der Waals surface area contributed by atoms with E-state index in [1.54, 1.807) is 18.5 Å². The van der Waals surface area contributed by atoms with Crippen molar-refractivity contribution in [2.24, 2.45) is 0 Å².